The van der Waals surface area contributed by atoms with Gasteiger partial charge in [0.15, 0.2) is 0 Å². The largest absolute Gasteiger partial charge is 0.857 e. The molecule has 0 saturated carbocycles. The molecule has 23 heavy (non-hydrogen) atoms. The zero-order valence-electron chi connectivity index (χ0n) is 14.2. The second kappa shape index (κ2) is 7.89. The zero-order valence-corrected chi connectivity index (χ0v) is 14.2. The maximum absolute atomic E-state index is 12.3. The molecule has 126 valence electrons. The SMILES string of the molecule is C=C(C)C(=O)N(C/C([O-])=N\[N+](C)(C)CC(C)O)c1ccccc1. The van der Waals surface area contributed by atoms with Crippen molar-refractivity contribution >= 4 is 17.5 Å². The summed E-state index contributed by atoms with van der Waals surface area (Å²) in [4.78, 5) is 13.7. The lowest BCUT2D eigenvalue weighted by Crippen LogP contribution is -2.46. The van der Waals surface area contributed by atoms with Crippen molar-refractivity contribution in [2.45, 2.75) is 20.0 Å². The summed E-state index contributed by atoms with van der Waals surface area (Å²) >= 11 is 0. The number of carbonyl (C=O) groups excluding carboxylic acids is 1. The fourth-order valence-corrected chi connectivity index (χ4v) is 2.27. The van der Waals surface area contributed by atoms with Crippen molar-refractivity contribution in [2.24, 2.45) is 5.10 Å². The zero-order chi connectivity index (χ0) is 17.6. The highest BCUT2D eigenvalue weighted by Gasteiger charge is 2.20. The number of benzene rings is 1. The second-order valence-corrected chi connectivity index (χ2v) is 6.15. The van der Waals surface area contributed by atoms with Gasteiger partial charge in [0.1, 0.15) is 12.6 Å². The van der Waals surface area contributed by atoms with Gasteiger partial charge in [-0.3, -0.25) is 4.79 Å². The van der Waals surface area contributed by atoms with Crippen molar-refractivity contribution < 1.29 is 19.6 Å². The van der Waals surface area contributed by atoms with E-state index in [9.17, 15) is 15.0 Å². The Balaban J connectivity index is 3.02. The van der Waals surface area contributed by atoms with E-state index < -0.39 is 12.0 Å². The van der Waals surface area contributed by atoms with Gasteiger partial charge in [-0.25, -0.2) is 4.59 Å². The first-order valence-corrected chi connectivity index (χ1v) is 7.42. The molecule has 1 aromatic carbocycles. The fraction of sp³-hybridized carbons (Fsp3) is 0.412. The number of hydrogen-bond donors (Lipinski definition) is 1. The van der Waals surface area contributed by atoms with Crippen molar-refractivity contribution in [3.8, 4) is 0 Å². The quantitative estimate of drug-likeness (QED) is 0.265. The van der Waals surface area contributed by atoms with E-state index in [-0.39, 0.29) is 17.0 Å². The Hall–Kier alpha value is -2.18. The molecule has 1 unspecified atom stereocenters. The summed E-state index contributed by atoms with van der Waals surface area (Å²) in [5.74, 6) is -0.755. The summed E-state index contributed by atoms with van der Waals surface area (Å²) in [6.07, 6.45) is -0.580. The molecule has 0 heterocycles. The lowest BCUT2D eigenvalue weighted by molar-refractivity contribution is -0.901. The van der Waals surface area contributed by atoms with Gasteiger partial charge in [-0.1, -0.05) is 24.8 Å². The Bertz CT molecular complexity index is 580. The van der Waals surface area contributed by atoms with Gasteiger partial charge in [-0.05, 0) is 26.0 Å². The van der Waals surface area contributed by atoms with E-state index in [1.54, 1.807) is 52.2 Å². The number of carbonyl (C=O) groups is 1. The Kier molecular flexibility index (Phi) is 6.48. The monoisotopic (exact) mass is 319 g/mol. The van der Waals surface area contributed by atoms with Crippen LogP contribution < -0.4 is 10.0 Å². The number of para-hydroxylation sites is 1. The molecule has 0 fully saturated rings. The summed E-state index contributed by atoms with van der Waals surface area (Å²) in [6, 6.07) is 8.93. The first-order valence-electron chi connectivity index (χ1n) is 7.42. The predicted molar refractivity (Wildman–Crippen MR) is 89.7 cm³/mol. The molecule has 6 heteroatoms. The van der Waals surface area contributed by atoms with E-state index in [1.807, 2.05) is 6.07 Å². The third kappa shape index (κ3) is 6.22. The second-order valence-electron chi connectivity index (χ2n) is 6.15. The van der Waals surface area contributed by atoms with Gasteiger partial charge in [0.2, 0.25) is 0 Å². The van der Waals surface area contributed by atoms with E-state index in [0.717, 1.165) is 0 Å². The fourth-order valence-electron chi connectivity index (χ4n) is 2.27. The van der Waals surface area contributed by atoms with Crippen molar-refractivity contribution in [1.82, 2.24) is 0 Å². The Labute approximate surface area is 137 Å². The molecule has 0 radical (unpaired) electrons. The number of quaternary nitrogens is 1. The number of rotatable bonds is 7. The van der Waals surface area contributed by atoms with E-state index in [2.05, 4.69) is 11.7 Å². The molecule has 0 aliphatic heterocycles. The molecule has 0 saturated heterocycles. The molecule has 1 amide bonds. The minimum Gasteiger partial charge on any atom is -0.857 e. The molecule has 6 nitrogen and oxygen atoms in total. The molecule has 1 aromatic rings. The molecule has 0 spiro atoms. The third-order valence-electron chi connectivity index (χ3n) is 3.06. The van der Waals surface area contributed by atoms with Crippen LogP contribution in [0.5, 0.6) is 0 Å². The smallest absolute Gasteiger partial charge is 0.253 e. The highest BCUT2D eigenvalue weighted by atomic mass is 16.3. The molecule has 1 rings (SSSR count). The van der Waals surface area contributed by atoms with Crippen LogP contribution >= 0.6 is 0 Å². The minimum absolute atomic E-state index is 0.000388. The normalized spacial score (nSPS) is 13.5. The van der Waals surface area contributed by atoms with Crippen LogP contribution in [0.4, 0.5) is 5.69 Å². The number of nitrogens with zero attached hydrogens (tertiary/aromatic N) is 3. The van der Waals surface area contributed by atoms with Crippen LogP contribution in [0.3, 0.4) is 0 Å². The highest BCUT2D eigenvalue weighted by Crippen LogP contribution is 2.15. The number of aliphatic hydroxyl groups is 1. The Morgan fingerprint density at radius 1 is 1.39 bits per heavy atom. The molecule has 0 aromatic heterocycles. The lowest BCUT2D eigenvalue weighted by atomic mass is 10.2. The van der Waals surface area contributed by atoms with Crippen LogP contribution in [0.1, 0.15) is 13.8 Å². The number of anilines is 1. The number of likely N-dealkylation sites (N-methyl/N-ethyl adjacent to an activating group) is 1. The van der Waals surface area contributed by atoms with Crippen molar-refractivity contribution in [2.75, 3.05) is 32.1 Å². The Morgan fingerprint density at radius 2 is 1.96 bits per heavy atom. The molecule has 0 aliphatic rings. The van der Waals surface area contributed by atoms with Crippen LogP contribution in [-0.4, -0.2) is 54.8 Å². The maximum atomic E-state index is 12.3. The van der Waals surface area contributed by atoms with Gasteiger partial charge in [0.25, 0.3) is 5.91 Å². The Morgan fingerprint density at radius 3 is 2.43 bits per heavy atom. The van der Waals surface area contributed by atoms with E-state index >= 15 is 0 Å². The topological polar surface area (TPSA) is 76.0 Å². The molecule has 1 N–H and O–H groups in total. The van der Waals surface area contributed by atoms with E-state index in [4.69, 9.17) is 0 Å². The van der Waals surface area contributed by atoms with Gasteiger partial charge in [0, 0.05) is 17.2 Å². The first-order chi connectivity index (χ1) is 10.6. The van der Waals surface area contributed by atoms with Crippen LogP contribution in [0.25, 0.3) is 0 Å². The number of hydrogen-bond acceptors (Lipinski definition) is 4. The lowest BCUT2D eigenvalue weighted by Gasteiger charge is -2.29. The predicted octanol–water partition coefficient (Wildman–Crippen LogP) is 0.727. The molecule has 1 atom stereocenters. The van der Waals surface area contributed by atoms with Gasteiger partial charge in [-0.15, -0.1) is 5.10 Å². The average molecular weight is 319 g/mol. The summed E-state index contributed by atoms with van der Waals surface area (Å²) in [7, 11) is 3.44. The van der Waals surface area contributed by atoms with Crippen molar-refractivity contribution in [3.63, 3.8) is 0 Å². The maximum Gasteiger partial charge on any atom is 0.253 e. The van der Waals surface area contributed by atoms with Crippen molar-refractivity contribution in [3.05, 3.63) is 42.5 Å². The van der Waals surface area contributed by atoms with Gasteiger partial charge in [0.05, 0.1) is 20.6 Å². The molecular weight excluding hydrogens is 294 g/mol. The van der Waals surface area contributed by atoms with Gasteiger partial charge >= 0.3 is 0 Å². The average Bonchev–Trinajstić information content (AvgIpc) is 2.42. The van der Waals surface area contributed by atoms with Crippen molar-refractivity contribution in [1.29, 1.82) is 0 Å². The standard InChI is InChI=1S/C17H25N3O3/c1-13(2)17(23)19(15-9-7-6-8-10-15)11-16(22)18-20(4,5)12-14(3)21/h6-10,14,21H,1,11-12H2,2-5H3. The van der Waals surface area contributed by atoms with Crippen LogP contribution in [0.2, 0.25) is 0 Å². The van der Waals surface area contributed by atoms with Crippen LogP contribution in [0, 0.1) is 0 Å². The minimum atomic E-state index is -0.580. The molecule has 0 bridgehead atoms. The number of aliphatic hydroxyl groups excluding tert-OH is 1. The molecular formula is C17H25N3O3. The first kappa shape index (κ1) is 18.9. The third-order valence-corrected chi connectivity index (χ3v) is 3.06. The van der Waals surface area contributed by atoms with Gasteiger partial charge < -0.3 is 15.1 Å². The summed E-state index contributed by atoms with van der Waals surface area (Å²) < 4.78 is 0.000388. The molecule has 0 aliphatic carbocycles. The summed E-state index contributed by atoms with van der Waals surface area (Å²) in [5.41, 5.74) is 0.962. The van der Waals surface area contributed by atoms with Crippen LogP contribution in [0.15, 0.2) is 47.6 Å². The summed E-state index contributed by atoms with van der Waals surface area (Å²) in [5, 5.41) is 25.8. The van der Waals surface area contributed by atoms with Crippen LogP contribution in [-0.2, 0) is 4.79 Å². The van der Waals surface area contributed by atoms with E-state index in [1.165, 1.54) is 4.90 Å². The summed E-state index contributed by atoms with van der Waals surface area (Å²) in [6.45, 7) is 7.04. The van der Waals surface area contributed by atoms with Gasteiger partial charge in [-0.2, -0.15) is 0 Å². The number of amides is 1. The van der Waals surface area contributed by atoms with E-state index in [0.29, 0.717) is 17.8 Å². The highest BCUT2D eigenvalue weighted by molar-refractivity contribution is 6.07.